The van der Waals surface area contributed by atoms with E-state index in [1.54, 1.807) is 0 Å². The Balaban J connectivity index is 4.18. The molecule has 0 aliphatic carbocycles. The summed E-state index contributed by atoms with van der Waals surface area (Å²) < 4.78 is 35.7. The van der Waals surface area contributed by atoms with Crippen molar-refractivity contribution in [2.75, 3.05) is 0 Å². The molecule has 0 aromatic carbocycles. The van der Waals surface area contributed by atoms with Crippen molar-refractivity contribution >= 4 is 0 Å². The number of aliphatic hydroxyl groups is 1. The van der Waals surface area contributed by atoms with Gasteiger partial charge in [-0.3, -0.25) is 0 Å². The summed E-state index contributed by atoms with van der Waals surface area (Å²) in [6, 6.07) is 1.96. The molecule has 94 valence electrons. The molecule has 0 heterocycles. The highest BCUT2D eigenvalue weighted by molar-refractivity contribution is 4.95. The third kappa shape index (κ3) is 5.96. The highest BCUT2D eigenvalue weighted by atomic mass is 19.4. The molecule has 0 rings (SSSR count). The zero-order chi connectivity index (χ0) is 12.8. The Labute approximate surface area is 94.1 Å². The van der Waals surface area contributed by atoms with Crippen LogP contribution in [0.2, 0.25) is 0 Å². The van der Waals surface area contributed by atoms with Crippen molar-refractivity contribution in [2.24, 2.45) is 5.92 Å². The van der Waals surface area contributed by atoms with Gasteiger partial charge in [-0.1, -0.05) is 13.3 Å². The number of hydrogen-bond donors (Lipinski definition) is 1. The lowest BCUT2D eigenvalue weighted by Crippen LogP contribution is -2.34. The van der Waals surface area contributed by atoms with Gasteiger partial charge in [-0.25, -0.2) is 0 Å². The van der Waals surface area contributed by atoms with E-state index in [-0.39, 0.29) is 12.8 Å². The van der Waals surface area contributed by atoms with Gasteiger partial charge >= 0.3 is 6.18 Å². The van der Waals surface area contributed by atoms with Crippen molar-refractivity contribution in [2.45, 2.75) is 57.7 Å². The Kier molecular flexibility index (Phi) is 5.80. The summed E-state index contributed by atoms with van der Waals surface area (Å²) in [6.07, 6.45) is -4.00. The van der Waals surface area contributed by atoms with Crippen molar-refractivity contribution in [1.82, 2.24) is 0 Å². The Morgan fingerprint density at radius 3 is 2.25 bits per heavy atom. The van der Waals surface area contributed by atoms with E-state index in [2.05, 4.69) is 0 Å². The van der Waals surface area contributed by atoms with Crippen molar-refractivity contribution in [3.63, 3.8) is 0 Å². The van der Waals surface area contributed by atoms with Crippen LogP contribution in [0, 0.1) is 17.2 Å². The minimum absolute atomic E-state index is 0.00470. The predicted octanol–water partition coefficient (Wildman–Crippen LogP) is 3.41. The smallest absolute Gasteiger partial charge is 0.389 e. The van der Waals surface area contributed by atoms with E-state index in [9.17, 15) is 18.3 Å². The summed E-state index contributed by atoms with van der Waals surface area (Å²) in [6.45, 7) is 3.31. The molecule has 5 heteroatoms. The van der Waals surface area contributed by atoms with Gasteiger partial charge in [-0.2, -0.15) is 18.4 Å². The van der Waals surface area contributed by atoms with E-state index in [0.717, 1.165) is 6.42 Å². The van der Waals surface area contributed by atoms with Crippen LogP contribution in [0.5, 0.6) is 0 Å². The molecular formula is C11H18F3NO. The Bertz CT molecular complexity index is 243. The second-order valence-corrected chi connectivity index (χ2v) is 4.30. The van der Waals surface area contributed by atoms with Crippen LogP contribution in [0.4, 0.5) is 13.2 Å². The lowest BCUT2D eigenvalue weighted by Gasteiger charge is -2.28. The van der Waals surface area contributed by atoms with Crippen molar-refractivity contribution in [3.05, 3.63) is 0 Å². The predicted molar refractivity (Wildman–Crippen MR) is 54.5 cm³/mol. The molecule has 0 aromatic heterocycles. The second-order valence-electron chi connectivity index (χ2n) is 4.30. The molecular weight excluding hydrogens is 219 g/mol. The number of alkyl halides is 3. The molecule has 0 fully saturated rings. The van der Waals surface area contributed by atoms with E-state index in [1.807, 2.05) is 13.0 Å². The van der Waals surface area contributed by atoms with Crippen LogP contribution in [0.15, 0.2) is 0 Å². The largest absolute Gasteiger partial charge is 0.389 e. The van der Waals surface area contributed by atoms with Crippen LogP contribution in [-0.4, -0.2) is 16.9 Å². The maximum Gasteiger partial charge on any atom is 0.389 e. The van der Waals surface area contributed by atoms with Gasteiger partial charge in [0.15, 0.2) is 0 Å². The number of nitrogens with zero attached hydrogens (tertiary/aromatic N) is 1. The van der Waals surface area contributed by atoms with Gasteiger partial charge in [0, 0.05) is 6.42 Å². The molecule has 0 saturated heterocycles. The van der Waals surface area contributed by atoms with Gasteiger partial charge < -0.3 is 5.11 Å². The number of hydrogen-bond acceptors (Lipinski definition) is 2. The first-order chi connectivity index (χ1) is 7.23. The SMILES string of the molecule is CCCC(C#N)C(C)(O)CCCC(F)(F)F. The summed E-state index contributed by atoms with van der Waals surface area (Å²) in [4.78, 5) is 0. The maximum atomic E-state index is 11.9. The zero-order valence-electron chi connectivity index (χ0n) is 9.64. The molecule has 0 aromatic rings. The first-order valence-corrected chi connectivity index (χ1v) is 5.41. The Hall–Kier alpha value is -0.760. The lowest BCUT2D eigenvalue weighted by atomic mass is 9.83. The lowest BCUT2D eigenvalue weighted by molar-refractivity contribution is -0.138. The van der Waals surface area contributed by atoms with Gasteiger partial charge in [-0.15, -0.1) is 0 Å². The first kappa shape index (κ1) is 15.2. The van der Waals surface area contributed by atoms with Gasteiger partial charge in [0.2, 0.25) is 0 Å². The molecule has 2 nitrogen and oxygen atoms in total. The van der Waals surface area contributed by atoms with Gasteiger partial charge in [0.1, 0.15) is 0 Å². The molecule has 16 heavy (non-hydrogen) atoms. The van der Waals surface area contributed by atoms with Crippen molar-refractivity contribution < 1.29 is 18.3 Å². The number of halogens is 3. The van der Waals surface area contributed by atoms with Gasteiger partial charge in [-0.05, 0) is 26.2 Å². The molecule has 2 atom stereocenters. The summed E-state index contributed by atoms with van der Waals surface area (Å²) in [5.74, 6) is -0.592. The van der Waals surface area contributed by atoms with Crippen LogP contribution < -0.4 is 0 Å². The molecule has 0 spiro atoms. The van der Waals surface area contributed by atoms with Crippen LogP contribution in [0.3, 0.4) is 0 Å². The van der Waals surface area contributed by atoms with Crippen molar-refractivity contribution in [3.8, 4) is 6.07 Å². The van der Waals surface area contributed by atoms with Crippen LogP contribution >= 0.6 is 0 Å². The number of rotatable bonds is 6. The summed E-state index contributed by atoms with van der Waals surface area (Å²) in [5, 5.41) is 18.7. The minimum atomic E-state index is -4.19. The quantitative estimate of drug-likeness (QED) is 0.769. The third-order valence-corrected chi connectivity index (χ3v) is 2.63. The molecule has 2 unspecified atom stereocenters. The first-order valence-electron chi connectivity index (χ1n) is 5.41. The molecule has 0 bridgehead atoms. The molecule has 0 radical (unpaired) electrons. The minimum Gasteiger partial charge on any atom is -0.389 e. The molecule has 0 aliphatic rings. The highest BCUT2D eigenvalue weighted by Crippen LogP contribution is 2.30. The van der Waals surface area contributed by atoms with Crippen LogP contribution in [0.25, 0.3) is 0 Å². The van der Waals surface area contributed by atoms with Crippen LogP contribution in [0.1, 0.15) is 46.0 Å². The highest BCUT2D eigenvalue weighted by Gasteiger charge is 2.33. The molecule has 0 saturated carbocycles. The monoisotopic (exact) mass is 237 g/mol. The second kappa shape index (κ2) is 6.09. The average Bonchev–Trinajstić information content (AvgIpc) is 2.11. The molecule has 1 N–H and O–H groups in total. The van der Waals surface area contributed by atoms with E-state index in [4.69, 9.17) is 5.26 Å². The molecule has 0 amide bonds. The molecule has 0 aliphatic heterocycles. The van der Waals surface area contributed by atoms with Crippen molar-refractivity contribution in [1.29, 1.82) is 5.26 Å². The standard InChI is InChI=1S/C11H18F3NO/c1-3-5-9(8-15)10(2,16)6-4-7-11(12,13)14/h9,16H,3-7H2,1-2H3. The van der Waals surface area contributed by atoms with Gasteiger partial charge in [0.05, 0.1) is 17.6 Å². The number of nitriles is 1. The Morgan fingerprint density at radius 1 is 1.31 bits per heavy atom. The fraction of sp³-hybridized carbons (Fsp3) is 0.909. The fourth-order valence-corrected chi connectivity index (χ4v) is 1.62. The fourth-order valence-electron chi connectivity index (χ4n) is 1.62. The summed E-state index contributed by atoms with van der Waals surface area (Å²) in [5.41, 5.74) is -1.32. The van der Waals surface area contributed by atoms with E-state index >= 15 is 0 Å². The average molecular weight is 237 g/mol. The van der Waals surface area contributed by atoms with Gasteiger partial charge in [0.25, 0.3) is 0 Å². The topological polar surface area (TPSA) is 44.0 Å². The zero-order valence-corrected chi connectivity index (χ0v) is 9.64. The summed E-state index contributed by atoms with van der Waals surface area (Å²) in [7, 11) is 0. The van der Waals surface area contributed by atoms with E-state index < -0.39 is 24.1 Å². The summed E-state index contributed by atoms with van der Waals surface area (Å²) >= 11 is 0. The third-order valence-electron chi connectivity index (χ3n) is 2.63. The van der Waals surface area contributed by atoms with E-state index in [0.29, 0.717) is 6.42 Å². The van der Waals surface area contributed by atoms with E-state index in [1.165, 1.54) is 6.92 Å². The van der Waals surface area contributed by atoms with Crippen LogP contribution in [-0.2, 0) is 0 Å². The maximum absolute atomic E-state index is 11.9. The normalized spacial score (nSPS) is 17.6. The Morgan fingerprint density at radius 2 is 1.88 bits per heavy atom.